The van der Waals surface area contributed by atoms with Crippen molar-refractivity contribution in [3.05, 3.63) is 85.1 Å². The Bertz CT molecular complexity index is 2110. The highest BCUT2D eigenvalue weighted by molar-refractivity contribution is 5.76. The number of unbranched alkanes of at least 4 members (excludes halogenated alkanes) is 49. The molecule has 12 unspecified atom stereocenters. The van der Waals surface area contributed by atoms with Crippen LogP contribution in [0.2, 0.25) is 0 Å². The van der Waals surface area contributed by atoms with Crippen molar-refractivity contribution in [1.29, 1.82) is 0 Å². The third kappa shape index (κ3) is 56.4. The number of hydrogen-bond acceptors (Lipinski definition) is 13. The highest BCUT2D eigenvalue weighted by Crippen LogP contribution is 2.31. The molecule has 618 valence electrons. The third-order valence-corrected chi connectivity index (χ3v) is 21.6. The molecule has 14 heteroatoms. The van der Waals surface area contributed by atoms with Crippen molar-refractivity contribution >= 4 is 5.91 Å². The average Bonchev–Trinajstić information content (AvgIpc) is 0.790. The van der Waals surface area contributed by atoms with E-state index in [-0.39, 0.29) is 12.5 Å². The minimum Gasteiger partial charge on any atom is -0.394 e. The zero-order valence-corrected chi connectivity index (χ0v) is 68.2. The quantitative estimate of drug-likeness (QED) is 0.0204. The van der Waals surface area contributed by atoms with Crippen LogP contribution in [0.4, 0.5) is 0 Å². The lowest BCUT2D eigenvalue weighted by molar-refractivity contribution is -0.359. The normalized spacial score (nSPS) is 21.7. The molecule has 0 saturated carbocycles. The molecule has 12 atom stereocenters. The minimum absolute atomic E-state index is 0.200. The van der Waals surface area contributed by atoms with Crippen LogP contribution in [0.25, 0.3) is 0 Å². The van der Waals surface area contributed by atoms with Gasteiger partial charge in [-0.1, -0.05) is 407 Å². The van der Waals surface area contributed by atoms with E-state index in [4.69, 9.17) is 18.9 Å². The molecule has 2 saturated heterocycles. The molecule has 2 fully saturated rings. The number of aliphatic hydroxyl groups excluding tert-OH is 8. The van der Waals surface area contributed by atoms with Gasteiger partial charge in [0.1, 0.15) is 48.8 Å². The summed E-state index contributed by atoms with van der Waals surface area (Å²) in [5, 5.41) is 88.1. The van der Waals surface area contributed by atoms with E-state index in [0.29, 0.717) is 12.8 Å². The number of nitrogens with one attached hydrogen (secondary N) is 1. The Morgan fingerprint density at radius 3 is 1.00 bits per heavy atom. The number of hydrogen-bond donors (Lipinski definition) is 9. The van der Waals surface area contributed by atoms with Gasteiger partial charge in [-0.2, -0.15) is 0 Å². The van der Waals surface area contributed by atoms with Crippen LogP contribution in [0.3, 0.4) is 0 Å². The Morgan fingerprint density at radius 1 is 0.349 bits per heavy atom. The smallest absolute Gasteiger partial charge is 0.220 e. The number of rotatable bonds is 76. The van der Waals surface area contributed by atoms with Crippen molar-refractivity contribution < 1.29 is 64.6 Å². The molecule has 0 aliphatic carbocycles. The molecule has 2 rings (SSSR count). The Hall–Kier alpha value is -2.83. The Morgan fingerprint density at radius 2 is 0.651 bits per heavy atom. The molecular weight excluding hydrogens is 1330 g/mol. The summed E-state index contributed by atoms with van der Waals surface area (Å²) in [7, 11) is 0. The fourth-order valence-corrected chi connectivity index (χ4v) is 14.6. The zero-order valence-electron chi connectivity index (χ0n) is 68.2. The summed E-state index contributed by atoms with van der Waals surface area (Å²) in [5.74, 6) is -0.200. The van der Waals surface area contributed by atoms with Gasteiger partial charge in [-0.25, -0.2) is 0 Å². The van der Waals surface area contributed by atoms with Crippen molar-refractivity contribution in [3.63, 3.8) is 0 Å². The molecule has 0 aromatic carbocycles. The van der Waals surface area contributed by atoms with Crippen LogP contribution in [0.15, 0.2) is 85.1 Å². The summed E-state index contributed by atoms with van der Waals surface area (Å²) in [6, 6.07) is -0.833. The first-order chi connectivity index (χ1) is 52.1. The highest BCUT2D eigenvalue weighted by atomic mass is 16.7. The lowest BCUT2D eigenvalue weighted by atomic mass is 9.97. The van der Waals surface area contributed by atoms with E-state index in [1.165, 1.54) is 276 Å². The first-order valence-corrected chi connectivity index (χ1v) is 44.8. The number of carbonyl (C=O) groups excluding carboxylic acids is 1. The maximum Gasteiger partial charge on any atom is 0.220 e. The van der Waals surface area contributed by atoms with Crippen LogP contribution in [0.5, 0.6) is 0 Å². The lowest BCUT2D eigenvalue weighted by Gasteiger charge is -2.46. The molecule has 2 heterocycles. The highest BCUT2D eigenvalue weighted by Gasteiger charge is 2.51. The molecule has 0 radical (unpaired) electrons. The summed E-state index contributed by atoms with van der Waals surface area (Å²) in [4.78, 5) is 13.4. The molecule has 106 heavy (non-hydrogen) atoms. The van der Waals surface area contributed by atoms with Crippen molar-refractivity contribution in [3.8, 4) is 0 Å². The molecular formula is C92H167NO13. The van der Waals surface area contributed by atoms with Gasteiger partial charge < -0.3 is 65.1 Å². The van der Waals surface area contributed by atoms with E-state index in [0.717, 1.165) is 96.3 Å². The number of allylic oxidation sites excluding steroid dienone is 14. The lowest BCUT2D eigenvalue weighted by Crippen LogP contribution is -2.65. The second kappa shape index (κ2) is 74.9. The zero-order chi connectivity index (χ0) is 76.5. The van der Waals surface area contributed by atoms with Crippen LogP contribution in [0, 0.1) is 0 Å². The van der Waals surface area contributed by atoms with Gasteiger partial charge in [0.15, 0.2) is 12.6 Å². The van der Waals surface area contributed by atoms with Crippen LogP contribution in [-0.4, -0.2) is 140 Å². The predicted molar refractivity (Wildman–Crippen MR) is 443 cm³/mol. The summed E-state index contributed by atoms with van der Waals surface area (Å²) < 4.78 is 23.0. The first-order valence-electron chi connectivity index (χ1n) is 44.8. The first kappa shape index (κ1) is 99.2. The van der Waals surface area contributed by atoms with Gasteiger partial charge in [0.05, 0.1) is 32.0 Å². The van der Waals surface area contributed by atoms with Crippen molar-refractivity contribution in [2.45, 2.75) is 473 Å². The Kier molecular flexibility index (Phi) is 70.1. The number of ether oxygens (including phenoxy) is 4. The van der Waals surface area contributed by atoms with Gasteiger partial charge in [-0.05, 0) is 70.6 Å². The minimum atomic E-state index is -1.79. The second-order valence-corrected chi connectivity index (χ2v) is 31.4. The summed E-state index contributed by atoms with van der Waals surface area (Å²) in [5.41, 5.74) is 0. The number of amides is 1. The molecule has 0 spiro atoms. The molecule has 1 amide bonds. The third-order valence-electron chi connectivity index (χ3n) is 21.6. The summed E-state index contributed by atoms with van der Waals surface area (Å²) >= 11 is 0. The van der Waals surface area contributed by atoms with Crippen molar-refractivity contribution in [1.82, 2.24) is 5.32 Å². The van der Waals surface area contributed by atoms with E-state index in [1.807, 2.05) is 0 Å². The maximum absolute atomic E-state index is 13.4. The topological polar surface area (TPSA) is 228 Å². The molecule has 0 aromatic rings. The van der Waals surface area contributed by atoms with Gasteiger partial charge >= 0.3 is 0 Å². The number of aliphatic hydroxyl groups is 8. The summed E-state index contributed by atoms with van der Waals surface area (Å²) in [6.07, 6.45) is 89.3. The van der Waals surface area contributed by atoms with E-state index in [9.17, 15) is 45.6 Å². The predicted octanol–water partition coefficient (Wildman–Crippen LogP) is 21.8. The van der Waals surface area contributed by atoms with Crippen LogP contribution in [0.1, 0.15) is 399 Å². The molecule has 0 bridgehead atoms. The van der Waals surface area contributed by atoms with Gasteiger partial charge in [0, 0.05) is 6.42 Å². The molecule has 2 aliphatic heterocycles. The fraction of sp³-hybridized carbons (Fsp3) is 0.837. The van der Waals surface area contributed by atoms with Gasteiger partial charge in [-0.15, -0.1) is 0 Å². The van der Waals surface area contributed by atoms with Crippen molar-refractivity contribution in [2.24, 2.45) is 0 Å². The summed E-state index contributed by atoms with van der Waals surface area (Å²) in [6.45, 7) is 2.81. The van der Waals surface area contributed by atoms with Crippen LogP contribution in [-0.2, 0) is 23.7 Å². The largest absolute Gasteiger partial charge is 0.394 e. The molecule has 14 nitrogen and oxygen atoms in total. The molecule has 0 aromatic heterocycles. The van der Waals surface area contributed by atoms with Crippen LogP contribution < -0.4 is 5.32 Å². The second-order valence-electron chi connectivity index (χ2n) is 31.4. The Balaban J connectivity index is 1.55. The van der Waals surface area contributed by atoms with E-state index >= 15 is 0 Å². The van der Waals surface area contributed by atoms with E-state index in [1.54, 1.807) is 0 Å². The van der Waals surface area contributed by atoms with E-state index < -0.39 is 86.8 Å². The van der Waals surface area contributed by atoms with E-state index in [2.05, 4.69) is 104 Å². The average molecular weight is 1500 g/mol. The molecule has 2 aliphatic rings. The number of carbonyl (C=O) groups is 1. The maximum atomic E-state index is 13.4. The van der Waals surface area contributed by atoms with Gasteiger partial charge in [-0.3, -0.25) is 4.79 Å². The van der Waals surface area contributed by atoms with Gasteiger partial charge in [0.25, 0.3) is 0 Å². The SMILES string of the molecule is CC/C=C\C/C=C\C/C=C\C/C=C\C/C=C\C/C=C\C/C=C\CCCCCCCCCCCCCCCCCCCCCC(=O)NC(COC1OC(CO)C(OC2OC(CO)C(O)C(O)C2O)C(O)C1O)C(O)CCCCCCCCCCCCCCCCCCCCCCCCCCCCCCCCC. The standard InChI is InChI=1S/C92H167NO13/c1-3-5-7-9-11-13-15-17-19-21-23-25-27-29-31-33-35-36-37-38-39-40-41-42-43-44-46-48-50-52-54-56-58-60-62-64-66-68-70-72-74-76-84(97)93-80(79-103-91-89(102)87(100)90(83(78-95)105-91)106-92-88(101)86(99)85(98)82(77-94)104-92)81(96)75-73-71-69-67-65-63-61-59-57-55-53-51-49-47-45-34-32-30-28-26-24-22-20-18-16-14-12-10-8-6-4-2/h5,7,11,13,17,19,23,25,29,31,35-36,38-39,80-83,85-92,94-96,98-102H,3-4,6,8-10,12,14-16,18,20-22,24,26-28,30,32-34,37,40-79H2,1-2H3,(H,93,97)/b7-5-,13-11-,19-17-,25-23-,31-29-,36-35-,39-38-. The van der Waals surface area contributed by atoms with Crippen LogP contribution >= 0.6 is 0 Å². The van der Waals surface area contributed by atoms with Crippen molar-refractivity contribution in [2.75, 3.05) is 19.8 Å². The van der Waals surface area contributed by atoms with Gasteiger partial charge in [0.2, 0.25) is 5.91 Å². The monoisotopic (exact) mass is 1490 g/mol. The molecule has 9 N–H and O–H groups in total. The fourth-order valence-electron chi connectivity index (χ4n) is 14.6. The Labute approximate surface area is 650 Å².